The Labute approximate surface area is 104 Å². The highest BCUT2D eigenvalue weighted by Crippen LogP contribution is 2.63. The lowest BCUT2D eigenvalue weighted by Crippen LogP contribution is -2.53. The number of carbonyl (C=O) groups is 1. The molecule has 96 valence electrons. The summed E-state index contributed by atoms with van der Waals surface area (Å²) in [7, 11) is 0. The number of rotatable bonds is 4. The van der Waals surface area contributed by atoms with Crippen LogP contribution in [0.15, 0.2) is 0 Å². The van der Waals surface area contributed by atoms with E-state index in [1.54, 1.807) is 0 Å². The van der Waals surface area contributed by atoms with Gasteiger partial charge >= 0.3 is 0 Å². The van der Waals surface area contributed by atoms with E-state index >= 15 is 0 Å². The largest absolute Gasteiger partial charge is 0.550 e. The Bertz CT molecular complexity index is 286. The average Bonchev–Trinajstić information content (AvgIpc) is 2.23. The Kier molecular flexibility index (Phi) is 2.72. The summed E-state index contributed by atoms with van der Waals surface area (Å²) in [5.41, 5.74) is 0.129. The van der Waals surface area contributed by atoms with Gasteiger partial charge in [0, 0.05) is 11.9 Å². The van der Waals surface area contributed by atoms with Crippen LogP contribution in [0.5, 0.6) is 0 Å². The third kappa shape index (κ3) is 1.80. The lowest BCUT2D eigenvalue weighted by Gasteiger charge is -2.59. The first-order valence-electron chi connectivity index (χ1n) is 7.34. The summed E-state index contributed by atoms with van der Waals surface area (Å²) in [5.74, 6) is 1.56. The fraction of sp³-hybridized carbons (Fsp3) is 0.933. The molecule has 0 heterocycles. The molecule has 4 saturated carbocycles. The summed E-state index contributed by atoms with van der Waals surface area (Å²) in [6.45, 7) is 2.09. The van der Waals surface area contributed by atoms with Crippen molar-refractivity contribution in [3.63, 3.8) is 0 Å². The molecule has 0 spiro atoms. The zero-order chi connectivity index (χ0) is 12.0. The maximum Gasteiger partial charge on any atom is 0.0450 e. The van der Waals surface area contributed by atoms with E-state index in [-0.39, 0.29) is 11.3 Å². The predicted octanol–water partition coefficient (Wildman–Crippen LogP) is 2.37. The molecule has 0 aromatic heterocycles. The SMILES string of the molecule is CCCC(C(=O)[O-])C12CC3CC(CC(C3)C1)C2. The average molecular weight is 235 g/mol. The van der Waals surface area contributed by atoms with E-state index in [4.69, 9.17) is 0 Å². The summed E-state index contributed by atoms with van der Waals surface area (Å²) in [6.07, 6.45) is 9.48. The number of aliphatic carboxylic acids is 1. The maximum atomic E-state index is 11.5. The van der Waals surface area contributed by atoms with Gasteiger partial charge in [-0.15, -0.1) is 0 Å². The highest BCUT2D eigenvalue weighted by Gasteiger charge is 2.53. The minimum Gasteiger partial charge on any atom is -0.550 e. The minimum atomic E-state index is -0.770. The highest BCUT2D eigenvalue weighted by atomic mass is 16.4. The van der Waals surface area contributed by atoms with Crippen LogP contribution in [0.25, 0.3) is 0 Å². The van der Waals surface area contributed by atoms with Crippen LogP contribution in [-0.4, -0.2) is 5.97 Å². The fourth-order valence-corrected chi connectivity index (χ4v) is 5.57. The second kappa shape index (κ2) is 4.00. The number of carboxylic acids is 1. The van der Waals surface area contributed by atoms with Crippen molar-refractivity contribution in [2.75, 3.05) is 0 Å². The standard InChI is InChI=1S/C15H24O2/c1-2-3-13(14(16)17)15-7-10-4-11(8-15)6-12(5-10)9-15/h10-13H,2-9H2,1H3,(H,16,17)/p-1. The second-order valence-corrected chi connectivity index (χ2v) is 6.94. The summed E-state index contributed by atoms with van der Waals surface area (Å²) in [4.78, 5) is 11.5. The molecule has 1 atom stereocenters. The van der Waals surface area contributed by atoms with Gasteiger partial charge in [-0.2, -0.15) is 0 Å². The molecule has 0 aromatic carbocycles. The summed E-state index contributed by atoms with van der Waals surface area (Å²) in [5, 5.41) is 11.5. The van der Waals surface area contributed by atoms with Gasteiger partial charge in [-0.1, -0.05) is 13.3 Å². The lowest BCUT2D eigenvalue weighted by molar-refractivity contribution is -0.318. The van der Waals surface area contributed by atoms with E-state index in [0.717, 1.165) is 30.6 Å². The first-order valence-corrected chi connectivity index (χ1v) is 7.34. The van der Waals surface area contributed by atoms with Crippen molar-refractivity contribution in [2.24, 2.45) is 29.1 Å². The van der Waals surface area contributed by atoms with E-state index < -0.39 is 5.97 Å². The van der Waals surface area contributed by atoms with Gasteiger partial charge in [0.1, 0.15) is 0 Å². The predicted molar refractivity (Wildman–Crippen MR) is 64.0 cm³/mol. The minimum absolute atomic E-state index is 0.129. The lowest BCUT2D eigenvalue weighted by atomic mass is 9.46. The van der Waals surface area contributed by atoms with Crippen molar-refractivity contribution in [2.45, 2.75) is 58.3 Å². The smallest absolute Gasteiger partial charge is 0.0450 e. The fourth-order valence-electron chi connectivity index (χ4n) is 5.57. The van der Waals surface area contributed by atoms with Crippen LogP contribution >= 0.6 is 0 Å². The van der Waals surface area contributed by atoms with Crippen molar-refractivity contribution in [3.8, 4) is 0 Å². The van der Waals surface area contributed by atoms with E-state index in [9.17, 15) is 9.90 Å². The molecule has 0 radical (unpaired) electrons. The third-order valence-corrected chi connectivity index (χ3v) is 5.69. The molecule has 2 heteroatoms. The van der Waals surface area contributed by atoms with Gasteiger partial charge in [-0.05, 0) is 68.1 Å². The zero-order valence-electron chi connectivity index (χ0n) is 10.8. The quantitative estimate of drug-likeness (QED) is 0.750. The number of carbonyl (C=O) groups excluding carboxylic acids is 1. The highest BCUT2D eigenvalue weighted by molar-refractivity contribution is 5.69. The molecular formula is C15H23O2-. The molecule has 0 aromatic rings. The van der Waals surface area contributed by atoms with E-state index in [1.165, 1.54) is 38.5 Å². The van der Waals surface area contributed by atoms with E-state index in [2.05, 4.69) is 6.92 Å². The van der Waals surface area contributed by atoms with Gasteiger partial charge in [0.25, 0.3) is 0 Å². The Morgan fingerprint density at radius 2 is 1.65 bits per heavy atom. The van der Waals surface area contributed by atoms with Gasteiger partial charge in [0.2, 0.25) is 0 Å². The Balaban J connectivity index is 1.87. The molecule has 4 aliphatic rings. The third-order valence-electron chi connectivity index (χ3n) is 5.69. The molecule has 1 unspecified atom stereocenters. The number of hydrogen-bond donors (Lipinski definition) is 0. The van der Waals surface area contributed by atoms with Crippen molar-refractivity contribution < 1.29 is 9.90 Å². The maximum absolute atomic E-state index is 11.5. The van der Waals surface area contributed by atoms with Crippen LogP contribution in [0, 0.1) is 29.1 Å². The van der Waals surface area contributed by atoms with Crippen molar-refractivity contribution in [1.82, 2.24) is 0 Å². The van der Waals surface area contributed by atoms with E-state index in [1.807, 2.05) is 0 Å². The number of carboxylic acid groups (broad SMARTS) is 1. The zero-order valence-corrected chi connectivity index (χ0v) is 10.8. The molecule has 2 nitrogen and oxygen atoms in total. The van der Waals surface area contributed by atoms with Crippen LogP contribution in [0.3, 0.4) is 0 Å². The first kappa shape index (κ1) is 11.6. The van der Waals surface area contributed by atoms with Gasteiger partial charge in [-0.25, -0.2) is 0 Å². The van der Waals surface area contributed by atoms with Crippen LogP contribution in [0.1, 0.15) is 58.3 Å². The van der Waals surface area contributed by atoms with Crippen molar-refractivity contribution in [1.29, 1.82) is 0 Å². The molecule has 0 N–H and O–H groups in total. The van der Waals surface area contributed by atoms with E-state index in [0.29, 0.717) is 0 Å². The van der Waals surface area contributed by atoms with Gasteiger partial charge in [0.15, 0.2) is 0 Å². The Morgan fingerprint density at radius 1 is 1.18 bits per heavy atom. The second-order valence-electron chi connectivity index (χ2n) is 6.94. The molecule has 17 heavy (non-hydrogen) atoms. The molecule has 0 aliphatic heterocycles. The molecule has 4 aliphatic carbocycles. The topological polar surface area (TPSA) is 40.1 Å². The summed E-state index contributed by atoms with van der Waals surface area (Å²) in [6, 6.07) is 0. The normalized spacial score (nSPS) is 44.9. The molecule has 4 rings (SSSR count). The Hall–Kier alpha value is -0.530. The molecule has 0 saturated heterocycles. The van der Waals surface area contributed by atoms with Gasteiger partial charge < -0.3 is 9.90 Å². The van der Waals surface area contributed by atoms with Crippen LogP contribution < -0.4 is 5.11 Å². The van der Waals surface area contributed by atoms with Gasteiger partial charge in [-0.3, -0.25) is 0 Å². The molecular weight excluding hydrogens is 212 g/mol. The molecule has 0 amide bonds. The summed E-state index contributed by atoms with van der Waals surface area (Å²) >= 11 is 0. The van der Waals surface area contributed by atoms with Crippen LogP contribution in [0.2, 0.25) is 0 Å². The molecule has 4 fully saturated rings. The monoisotopic (exact) mass is 235 g/mol. The van der Waals surface area contributed by atoms with Crippen molar-refractivity contribution in [3.05, 3.63) is 0 Å². The number of hydrogen-bond acceptors (Lipinski definition) is 2. The van der Waals surface area contributed by atoms with Gasteiger partial charge in [0.05, 0.1) is 0 Å². The Morgan fingerprint density at radius 3 is 2.00 bits per heavy atom. The van der Waals surface area contributed by atoms with Crippen LogP contribution in [0.4, 0.5) is 0 Å². The van der Waals surface area contributed by atoms with Crippen molar-refractivity contribution >= 4 is 5.97 Å². The van der Waals surface area contributed by atoms with Crippen LogP contribution in [-0.2, 0) is 4.79 Å². The summed E-state index contributed by atoms with van der Waals surface area (Å²) < 4.78 is 0. The molecule has 4 bridgehead atoms. The first-order chi connectivity index (χ1) is 8.13.